The molecule has 17 heavy (non-hydrogen) atoms. The van der Waals surface area contributed by atoms with Crippen LogP contribution in [0.2, 0.25) is 0 Å². The average Bonchev–Trinajstić information content (AvgIpc) is 2.71. The van der Waals surface area contributed by atoms with Gasteiger partial charge in [-0.15, -0.1) is 0 Å². The first kappa shape index (κ1) is 11.2. The second-order valence-electron chi connectivity index (χ2n) is 5.62. The molecule has 1 saturated heterocycles. The average molecular weight is 234 g/mol. The molecule has 0 bridgehead atoms. The molecule has 0 amide bonds. The summed E-state index contributed by atoms with van der Waals surface area (Å²) < 4.78 is 2.39. The smallest absolute Gasteiger partial charge is 0.113 e. The van der Waals surface area contributed by atoms with Gasteiger partial charge in [0.05, 0.1) is 0 Å². The van der Waals surface area contributed by atoms with Gasteiger partial charge in [-0.25, -0.2) is 4.98 Å². The molecule has 2 aliphatic rings. The number of nitrogens with two attached hydrogens (primary N) is 1. The van der Waals surface area contributed by atoms with E-state index < -0.39 is 0 Å². The Labute approximate surface area is 103 Å². The largest absolute Gasteiger partial charge is 0.330 e. The van der Waals surface area contributed by atoms with Gasteiger partial charge in [-0.2, -0.15) is 0 Å². The first-order valence-corrected chi connectivity index (χ1v) is 6.72. The van der Waals surface area contributed by atoms with Crippen molar-refractivity contribution >= 4 is 0 Å². The number of rotatable bonds is 1. The third kappa shape index (κ3) is 2.11. The molecule has 0 aromatic carbocycles. The van der Waals surface area contributed by atoms with Crippen LogP contribution in [-0.2, 0) is 13.0 Å². The molecular formula is C13H22N4. The van der Waals surface area contributed by atoms with Gasteiger partial charge in [-0.3, -0.25) is 0 Å². The fraction of sp³-hybridized carbons (Fsp3) is 0.769. The van der Waals surface area contributed by atoms with E-state index in [2.05, 4.69) is 27.7 Å². The molecule has 0 spiro atoms. The molecule has 94 valence electrons. The van der Waals surface area contributed by atoms with Crippen molar-refractivity contribution < 1.29 is 0 Å². The molecular weight excluding hydrogens is 212 g/mol. The maximum Gasteiger partial charge on any atom is 0.113 e. The third-order valence-electron chi connectivity index (χ3n) is 4.15. The normalized spacial score (nSPS) is 30.2. The predicted octanol–water partition coefficient (Wildman–Crippen LogP) is 0.966. The first-order valence-electron chi connectivity index (χ1n) is 6.72. The lowest BCUT2D eigenvalue weighted by molar-refractivity contribution is 0.241. The number of piperidine rings is 1. The van der Waals surface area contributed by atoms with Crippen LogP contribution < -0.4 is 5.73 Å². The van der Waals surface area contributed by atoms with Crippen LogP contribution in [-0.4, -0.2) is 40.6 Å². The number of likely N-dealkylation sites (tertiary alicyclic amines) is 1. The summed E-state index contributed by atoms with van der Waals surface area (Å²) in [5, 5.41) is 0. The minimum Gasteiger partial charge on any atom is -0.330 e. The van der Waals surface area contributed by atoms with E-state index in [4.69, 9.17) is 5.73 Å². The zero-order chi connectivity index (χ0) is 11.8. The third-order valence-corrected chi connectivity index (χ3v) is 4.15. The van der Waals surface area contributed by atoms with Gasteiger partial charge in [-0.1, -0.05) is 0 Å². The molecule has 4 nitrogen and oxygen atoms in total. The van der Waals surface area contributed by atoms with E-state index in [1.807, 2.05) is 0 Å². The Morgan fingerprint density at radius 2 is 2.24 bits per heavy atom. The summed E-state index contributed by atoms with van der Waals surface area (Å²) in [5.74, 6) is 1.88. The molecule has 2 atom stereocenters. The molecule has 2 N–H and O–H groups in total. The quantitative estimate of drug-likeness (QED) is 0.787. The van der Waals surface area contributed by atoms with Crippen LogP contribution >= 0.6 is 0 Å². The van der Waals surface area contributed by atoms with E-state index >= 15 is 0 Å². The van der Waals surface area contributed by atoms with Gasteiger partial charge < -0.3 is 15.2 Å². The molecule has 0 saturated carbocycles. The summed E-state index contributed by atoms with van der Waals surface area (Å²) in [6.45, 7) is 3.33. The topological polar surface area (TPSA) is 47.1 Å². The lowest BCUT2D eigenvalue weighted by atomic mass is 9.97. The van der Waals surface area contributed by atoms with Crippen molar-refractivity contribution in [2.75, 3.05) is 20.1 Å². The van der Waals surface area contributed by atoms with Gasteiger partial charge in [0.1, 0.15) is 5.82 Å². The Kier molecular flexibility index (Phi) is 2.92. The van der Waals surface area contributed by atoms with Crippen LogP contribution in [0.1, 0.15) is 36.7 Å². The number of hydrogen-bond donors (Lipinski definition) is 1. The SMILES string of the molecule is CN1CCCC(c2ncc3n2CC(N)CC3)C1. The van der Waals surface area contributed by atoms with Gasteiger partial charge in [0.15, 0.2) is 0 Å². The summed E-state index contributed by atoms with van der Waals surface area (Å²) >= 11 is 0. The lowest BCUT2D eigenvalue weighted by Crippen LogP contribution is -2.36. The van der Waals surface area contributed by atoms with E-state index in [9.17, 15) is 0 Å². The minimum atomic E-state index is 0.316. The van der Waals surface area contributed by atoms with Gasteiger partial charge in [-0.05, 0) is 39.3 Å². The highest BCUT2D eigenvalue weighted by molar-refractivity contribution is 5.13. The van der Waals surface area contributed by atoms with Crippen molar-refractivity contribution in [3.8, 4) is 0 Å². The van der Waals surface area contributed by atoms with Gasteiger partial charge >= 0.3 is 0 Å². The summed E-state index contributed by atoms with van der Waals surface area (Å²) in [7, 11) is 2.21. The summed E-state index contributed by atoms with van der Waals surface area (Å²) in [6, 6.07) is 0.316. The monoisotopic (exact) mass is 234 g/mol. The Bertz CT molecular complexity index is 398. The molecule has 3 heterocycles. The number of aromatic nitrogens is 2. The number of hydrogen-bond acceptors (Lipinski definition) is 3. The van der Waals surface area contributed by atoms with E-state index in [1.54, 1.807) is 0 Å². The zero-order valence-corrected chi connectivity index (χ0v) is 10.6. The van der Waals surface area contributed by atoms with Crippen LogP contribution in [0.3, 0.4) is 0 Å². The highest BCUT2D eigenvalue weighted by Gasteiger charge is 2.26. The number of aryl methyl sites for hydroxylation is 1. The van der Waals surface area contributed by atoms with Gasteiger partial charge in [0, 0.05) is 36.9 Å². The van der Waals surface area contributed by atoms with Crippen LogP contribution in [0.4, 0.5) is 0 Å². The van der Waals surface area contributed by atoms with Crippen molar-refractivity contribution in [2.45, 2.75) is 44.2 Å². The molecule has 2 aliphatic heterocycles. The Morgan fingerprint density at radius 1 is 1.35 bits per heavy atom. The fourth-order valence-corrected chi connectivity index (χ4v) is 3.20. The Hall–Kier alpha value is -0.870. The van der Waals surface area contributed by atoms with Crippen molar-refractivity contribution in [3.05, 3.63) is 17.7 Å². The Morgan fingerprint density at radius 3 is 3.06 bits per heavy atom. The molecule has 0 aliphatic carbocycles. The second kappa shape index (κ2) is 4.42. The number of fused-ring (bicyclic) bond motifs is 1. The first-order chi connectivity index (χ1) is 8.24. The maximum atomic E-state index is 6.08. The molecule has 1 aromatic heterocycles. The van der Waals surface area contributed by atoms with Crippen molar-refractivity contribution in [2.24, 2.45) is 5.73 Å². The fourth-order valence-electron chi connectivity index (χ4n) is 3.20. The molecule has 1 fully saturated rings. The highest BCUT2D eigenvalue weighted by Crippen LogP contribution is 2.28. The minimum absolute atomic E-state index is 0.316. The van der Waals surface area contributed by atoms with E-state index in [1.165, 1.54) is 30.9 Å². The molecule has 1 aromatic rings. The van der Waals surface area contributed by atoms with Crippen LogP contribution in [0, 0.1) is 0 Å². The van der Waals surface area contributed by atoms with E-state index in [-0.39, 0.29) is 0 Å². The second-order valence-corrected chi connectivity index (χ2v) is 5.62. The summed E-state index contributed by atoms with van der Waals surface area (Å²) in [6.07, 6.45) is 6.83. The lowest BCUT2D eigenvalue weighted by Gasteiger charge is -2.31. The molecule has 3 rings (SSSR count). The predicted molar refractivity (Wildman–Crippen MR) is 68.0 cm³/mol. The molecule has 4 heteroatoms. The maximum absolute atomic E-state index is 6.08. The zero-order valence-electron chi connectivity index (χ0n) is 10.6. The van der Waals surface area contributed by atoms with Crippen LogP contribution in [0.25, 0.3) is 0 Å². The summed E-state index contributed by atoms with van der Waals surface area (Å²) in [4.78, 5) is 7.09. The highest BCUT2D eigenvalue weighted by atomic mass is 15.1. The van der Waals surface area contributed by atoms with E-state index in [0.717, 1.165) is 25.9 Å². The van der Waals surface area contributed by atoms with Crippen molar-refractivity contribution in [1.29, 1.82) is 0 Å². The summed E-state index contributed by atoms with van der Waals surface area (Å²) in [5.41, 5.74) is 7.46. The van der Waals surface area contributed by atoms with Crippen molar-refractivity contribution in [3.63, 3.8) is 0 Å². The number of imidazole rings is 1. The van der Waals surface area contributed by atoms with Gasteiger partial charge in [0.2, 0.25) is 0 Å². The van der Waals surface area contributed by atoms with E-state index in [0.29, 0.717) is 12.0 Å². The molecule has 2 unspecified atom stereocenters. The van der Waals surface area contributed by atoms with Crippen molar-refractivity contribution in [1.82, 2.24) is 14.5 Å². The number of nitrogens with zero attached hydrogens (tertiary/aromatic N) is 3. The Balaban J connectivity index is 1.85. The number of likely N-dealkylation sites (N-methyl/N-ethyl adjacent to an activating group) is 1. The van der Waals surface area contributed by atoms with Gasteiger partial charge in [0.25, 0.3) is 0 Å². The van der Waals surface area contributed by atoms with Crippen LogP contribution in [0.15, 0.2) is 6.20 Å². The van der Waals surface area contributed by atoms with Crippen LogP contribution in [0.5, 0.6) is 0 Å². The standard InChI is InChI=1S/C13H22N4/c1-16-6-2-3-10(8-16)13-15-7-12-5-4-11(14)9-17(12)13/h7,10-11H,2-6,8-9,14H2,1H3. The molecule has 0 radical (unpaired) electrons.